The number of hydrogen-bond donors (Lipinski definition) is 3. The van der Waals surface area contributed by atoms with E-state index in [9.17, 15) is 4.79 Å². The van der Waals surface area contributed by atoms with Crippen molar-refractivity contribution in [1.29, 1.82) is 0 Å². The third-order valence-corrected chi connectivity index (χ3v) is 2.58. The number of H-pyrrole nitrogens is 1. The molecule has 0 bridgehead atoms. The van der Waals surface area contributed by atoms with Crippen LogP contribution in [0.15, 0.2) is 18.5 Å². The van der Waals surface area contributed by atoms with Crippen molar-refractivity contribution in [1.82, 2.24) is 4.98 Å². The molecule has 4 heteroatoms. The summed E-state index contributed by atoms with van der Waals surface area (Å²) in [6, 6.07) is 1.82. The van der Waals surface area contributed by atoms with E-state index in [1.165, 1.54) is 0 Å². The molecule has 1 amide bonds. The maximum absolute atomic E-state index is 11.6. The van der Waals surface area contributed by atoms with Crippen LogP contribution in [0, 0.1) is 5.41 Å². The standard InChI is InChI=1S/C9H13N3O/c10-6-9(2-3-9)8(13)12-7-1-4-11-5-7/h1,4-5,11H,2-3,6,10H2,(H,12,13). The molecule has 0 radical (unpaired) electrons. The summed E-state index contributed by atoms with van der Waals surface area (Å²) in [4.78, 5) is 14.5. The lowest BCUT2D eigenvalue weighted by Crippen LogP contribution is -2.30. The SMILES string of the molecule is NCC1(C(=O)Nc2cc[nH]c2)CC1. The van der Waals surface area contributed by atoms with Crippen molar-refractivity contribution in [2.45, 2.75) is 12.8 Å². The number of nitrogens with two attached hydrogens (primary N) is 1. The molecule has 1 fully saturated rings. The number of hydrogen-bond acceptors (Lipinski definition) is 2. The van der Waals surface area contributed by atoms with Crippen molar-refractivity contribution in [3.63, 3.8) is 0 Å². The number of carbonyl (C=O) groups is 1. The van der Waals surface area contributed by atoms with Crippen molar-refractivity contribution >= 4 is 11.6 Å². The predicted molar refractivity (Wildman–Crippen MR) is 50.1 cm³/mol. The third-order valence-electron chi connectivity index (χ3n) is 2.58. The Morgan fingerprint density at radius 1 is 1.69 bits per heavy atom. The first-order valence-electron chi connectivity index (χ1n) is 4.41. The van der Waals surface area contributed by atoms with Gasteiger partial charge in [0.25, 0.3) is 0 Å². The molecule has 1 saturated carbocycles. The normalized spacial score (nSPS) is 18.2. The zero-order valence-corrected chi connectivity index (χ0v) is 7.34. The third kappa shape index (κ3) is 1.45. The number of amides is 1. The van der Waals surface area contributed by atoms with Gasteiger partial charge in [-0.3, -0.25) is 4.79 Å². The topological polar surface area (TPSA) is 70.9 Å². The van der Waals surface area contributed by atoms with Crippen LogP contribution in [0.5, 0.6) is 0 Å². The van der Waals surface area contributed by atoms with Gasteiger partial charge in [0.2, 0.25) is 5.91 Å². The Morgan fingerprint density at radius 3 is 2.92 bits per heavy atom. The van der Waals surface area contributed by atoms with E-state index >= 15 is 0 Å². The Bertz CT molecular complexity index is 301. The van der Waals surface area contributed by atoms with Crippen molar-refractivity contribution in [3.05, 3.63) is 18.5 Å². The monoisotopic (exact) mass is 179 g/mol. The van der Waals surface area contributed by atoms with Crippen LogP contribution in [0.25, 0.3) is 0 Å². The Labute approximate surface area is 76.5 Å². The molecule has 0 atom stereocenters. The molecule has 0 unspecified atom stereocenters. The Morgan fingerprint density at radius 2 is 2.46 bits per heavy atom. The maximum atomic E-state index is 11.6. The van der Waals surface area contributed by atoms with Gasteiger partial charge in [0.15, 0.2) is 0 Å². The summed E-state index contributed by atoms with van der Waals surface area (Å²) >= 11 is 0. The fourth-order valence-electron chi connectivity index (χ4n) is 1.34. The number of aromatic nitrogens is 1. The van der Waals surface area contributed by atoms with Crippen molar-refractivity contribution in [3.8, 4) is 0 Å². The van der Waals surface area contributed by atoms with Crippen LogP contribution in [-0.4, -0.2) is 17.4 Å². The zero-order valence-electron chi connectivity index (χ0n) is 7.34. The molecular weight excluding hydrogens is 166 g/mol. The van der Waals surface area contributed by atoms with E-state index in [0.29, 0.717) is 6.54 Å². The van der Waals surface area contributed by atoms with E-state index in [2.05, 4.69) is 10.3 Å². The van der Waals surface area contributed by atoms with E-state index in [0.717, 1.165) is 18.5 Å². The molecule has 1 aromatic rings. The van der Waals surface area contributed by atoms with Gasteiger partial charge in [0, 0.05) is 18.9 Å². The van der Waals surface area contributed by atoms with E-state index in [-0.39, 0.29) is 11.3 Å². The van der Waals surface area contributed by atoms with Crippen LogP contribution in [0.1, 0.15) is 12.8 Å². The molecule has 1 aliphatic rings. The average molecular weight is 179 g/mol. The molecule has 2 rings (SSSR count). The van der Waals surface area contributed by atoms with Gasteiger partial charge in [-0.25, -0.2) is 0 Å². The molecule has 1 aromatic heterocycles. The molecule has 0 aliphatic heterocycles. The van der Waals surface area contributed by atoms with Crippen LogP contribution in [0.4, 0.5) is 5.69 Å². The van der Waals surface area contributed by atoms with Crippen LogP contribution in [0.3, 0.4) is 0 Å². The highest BCUT2D eigenvalue weighted by molar-refractivity contribution is 5.97. The number of carbonyl (C=O) groups excluding carboxylic acids is 1. The Balaban J connectivity index is 2.00. The minimum absolute atomic E-state index is 0.0506. The molecule has 4 nitrogen and oxygen atoms in total. The van der Waals surface area contributed by atoms with Gasteiger partial charge in [-0.05, 0) is 18.9 Å². The number of rotatable bonds is 3. The summed E-state index contributed by atoms with van der Waals surface area (Å²) in [5.41, 5.74) is 6.07. The van der Waals surface area contributed by atoms with Crippen LogP contribution in [-0.2, 0) is 4.79 Å². The zero-order chi connectivity index (χ0) is 9.31. The average Bonchev–Trinajstić information content (AvgIpc) is 2.79. The summed E-state index contributed by atoms with van der Waals surface area (Å²) in [6.07, 6.45) is 5.36. The molecule has 0 aromatic carbocycles. The lowest BCUT2D eigenvalue weighted by molar-refractivity contribution is -0.120. The van der Waals surface area contributed by atoms with Gasteiger partial charge >= 0.3 is 0 Å². The fourth-order valence-corrected chi connectivity index (χ4v) is 1.34. The van der Waals surface area contributed by atoms with Crippen molar-refractivity contribution in [2.75, 3.05) is 11.9 Å². The van der Waals surface area contributed by atoms with Gasteiger partial charge < -0.3 is 16.0 Å². The van der Waals surface area contributed by atoms with Gasteiger partial charge in [-0.1, -0.05) is 0 Å². The molecule has 1 aliphatic carbocycles. The smallest absolute Gasteiger partial charge is 0.231 e. The van der Waals surface area contributed by atoms with E-state index < -0.39 is 0 Å². The van der Waals surface area contributed by atoms with Crippen molar-refractivity contribution < 1.29 is 4.79 Å². The molecule has 0 saturated heterocycles. The van der Waals surface area contributed by atoms with E-state index in [1.54, 1.807) is 12.4 Å². The first-order chi connectivity index (χ1) is 6.27. The highest BCUT2D eigenvalue weighted by Crippen LogP contribution is 2.45. The molecule has 13 heavy (non-hydrogen) atoms. The minimum atomic E-state index is -0.267. The summed E-state index contributed by atoms with van der Waals surface area (Å²) in [5.74, 6) is 0.0506. The summed E-state index contributed by atoms with van der Waals surface area (Å²) < 4.78 is 0. The highest BCUT2D eigenvalue weighted by Gasteiger charge is 2.48. The highest BCUT2D eigenvalue weighted by atomic mass is 16.2. The molecule has 1 heterocycles. The first kappa shape index (κ1) is 8.31. The number of nitrogens with one attached hydrogen (secondary N) is 2. The maximum Gasteiger partial charge on any atom is 0.231 e. The van der Waals surface area contributed by atoms with Gasteiger partial charge in [-0.2, -0.15) is 0 Å². The predicted octanol–water partition coefficient (Wildman–Crippen LogP) is 0.692. The van der Waals surface area contributed by atoms with E-state index in [1.807, 2.05) is 6.07 Å². The second-order valence-electron chi connectivity index (χ2n) is 3.54. The number of aromatic amines is 1. The summed E-state index contributed by atoms with van der Waals surface area (Å²) in [7, 11) is 0. The fraction of sp³-hybridized carbons (Fsp3) is 0.444. The lowest BCUT2D eigenvalue weighted by Gasteiger charge is -2.10. The summed E-state index contributed by atoms with van der Waals surface area (Å²) in [5, 5.41) is 2.83. The quantitative estimate of drug-likeness (QED) is 0.639. The molecule has 0 spiro atoms. The van der Waals surface area contributed by atoms with Gasteiger partial charge in [-0.15, -0.1) is 0 Å². The van der Waals surface area contributed by atoms with Crippen molar-refractivity contribution in [2.24, 2.45) is 11.1 Å². The lowest BCUT2D eigenvalue weighted by atomic mass is 10.1. The van der Waals surface area contributed by atoms with Gasteiger partial charge in [0.05, 0.1) is 11.1 Å². The minimum Gasteiger partial charge on any atom is -0.366 e. The summed E-state index contributed by atoms with van der Waals surface area (Å²) in [6.45, 7) is 0.448. The molecular formula is C9H13N3O. The first-order valence-corrected chi connectivity index (χ1v) is 4.41. The van der Waals surface area contributed by atoms with Crippen LogP contribution in [0.2, 0.25) is 0 Å². The molecule has 70 valence electrons. The number of anilines is 1. The second-order valence-corrected chi connectivity index (χ2v) is 3.54. The second kappa shape index (κ2) is 2.88. The van der Waals surface area contributed by atoms with E-state index in [4.69, 9.17) is 5.73 Å². The van der Waals surface area contributed by atoms with Crippen LogP contribution < -0.4 is 11.1 Å². The van der Waals surface area contributed by atoms with Crippen LogP contribution >= 0.6 is 0 Å². The van der Waals surface area contributed by atoms with Gasteiger partial charge in [0.1, 0.15) is 0 Å². The molecule has 4 N–H and O–H groups in total. The Kier molecular flexibility index (Phi) is 1.84. The Hall–Kier alpha value is -1.29. The largest absolute Gasteiger partial charge is 0.366 e.